The molecule has 2 rings (SSSR count). The van der Waals surface area contributed by atoms with Gasteiger partial charge in [-0.2, -0.15) is 0 Å². The molecular weight excluding hydrogens is 136 g/mol. The number of hydrogen-bond donors (Lipinski definition) is 2. The molecule has 2 saturated carbocycles. The minimum atomic E-state index is 0.487. The molecule has 2 nitrogen and oxygen atoms in total. The number of nitrogens with two attached hydrogens (primary N) is 1. The standard InChI is InChI=1S/C9H18N2/c10-9(7-1-2-7)5-6-11-8-3-4-8/h7-9,11H,1-6,10H2. The van der Waals surface area contributed by atoms with E-state index in [2.05, 4.69) is 5.32 Å². The number of rotatable bonds is 5. The molecule has 2 fully saturated rings. The van der Waals surface area contributed by atoms with Gasteiger partial charge in [-0.3, -0.25) is 0 Å². The van der Waals surface area contributed by atoms with Crippen LogP contribution in [0.1, 0.15) is 32.1 Å². The average molecular weight is 154 g/mol. The van der Waals surface area contributed by atoms with E-state index in [1.807, 2.05) is 0 Å². The third-order valence-corrected chi connectivity index (χ3v) is 2.72. The van der Waals surface area contributed by atoms with Crippen LogP contribution in [0.2, 0.25) is 0 Å². The van der Waals surface area contributed by atoms with E-state index in [0.717, 1.165) is 18.5 Å². The fraction of sp³-hybridized carbons (Fsp3) is 1.00. The van der Waals surface area contributed by atoms with Gasteiger partial charge in [-0.25, -0.2) is 0 Å². The van der Waals surface area contributed by atoms with Crippen LogP contribution in [0.5, 0.6) is 0 Å². The van der Waals surface area contributed by atoms with E-state index in [-0.39, 0.29) is 0 Å². The third-order valence-electron chi connectivity index (χ3n) is 2.72. The Kier molecular flexibility index (Phi) is 2.14. The van der Waals surface area contributed by atoms with Crippen molar-refractivity contribution in [2.24, 2.45) is 11.7 Å². The molecule has 1 unspecified atom stereocenters. The molecule has 0 spiro atoms. The zero-order chi connectivity index (χ0) is 7.68. The fourth-order valence-corrected chi connectivity index (χ4v) is 1.50. The van der Waals surface area contributed by atoms with E-state index in [9.17, 15) is 0 Å². The molecule has 0 aromatic rings. The van der Waals surface area contributed by atoms with Crippen LogP contribution in [0, 0.1) is 5.92 Å². The molecule has 0 heterocycles. The molecule has 0 amide bonds. The van der Waals surface area contributed by atoms with E-state index >= 15 is 0 Å². The largest absolute Gasteiger partial charge is 0.327 e. The van der Waals surface area contributed by atoms with Gasteiger partial charge in [0, 0.05) is 12.1 Å². The Morgan fingerprint density at radius 1 is 1.27 bits per heavy atom. The third kappa shape index (κ3) is 2.46. The van der Waals surface area contributed by atoms with Gasteiger partial charge in [-0.05, 0) is 44.6 Å². The Labute approximate surface area is 68.5 Å². The lowest BCUT2D eigenvalue weighted by Crippen LogP contribution is -2.29. The Bertz CT molecular complexity index is 128. The summed E-state index contributed by atoms with van der Waals surface area (Å²) in [5.41, 5.74) is 5.95. The maximum atomic E-state index is 5.95. The van der Waals surface area contributed by atoms with Crippen LogP contribution in [0.15, 0.2) is 0 Å². The maximum Gasteiger partial charge on any atom is 0.00792 e. The predicted molar refractivity (Wildman–Crippen MR) is 46.3 cm³/mol. The molecule has 64 valence electrons. The summed E-state index contributed by atoms with van der Waals surface area (Å²) in [4.78, 5) is 0. The van der Waals surface area contributed by atoms with E-state index < -0.39 is 0 Å². The lowest BCUT2D eigenvalue weighted by atomic mass is 10.1. The molecule has 3 N–H and O–H groups in total. The molecule has 0 aliphatic heterocycles. The van der Waals surface area contributed by atoms with Gasteiger partial charge < -0.3 is 11.1 Å². The van der Waals surface area contributed by atoms with Gasteiger partial charge in [0.1, 0.15) is 0 Å². The molecule has 1 atom stereocenters. The van der Waals surface area contributed by atoms with E-state index in [4.69, 9.17) is 5.73 Å². The van der Waals surface area contributed by atoms with E-state index in [1.54, 1.807) is 0 Å². The van der Waals surface area contributed by atoms with Crippen LogP contribution in [0.25, 0.3) is 0 Å². The van der Waals surface area contributed by atoms with E-state index in [1.165, 1.54) is 32.1 Å². The first-order valence-electron chi connectivity index (χ1n) is 4.85. The molecule has 0 aromatic carbocycles. The molecule has 0 radical (unpaired) electrons. The summed E-state index contributed by atoms with van der Waals surface area (Å²) in [5, 5.41) is 3.49. The van der Waals surface area contributed by atoms with Crippen LogP contribution < -0.4 is 11.1 Å². The summed E-state index contributed by atoms with van der Waals surface area (Å²) < 4.78 is 0. The van der Waals surface area contributed by atoms with Gasteiger partial charge in [0.15, 0.2) is 0 Å². The van der Waals surface area contributed by atoms with Crippen molar-refractivity contribution in [3.8, 4) is 0 Å². The quantitative estimate of drug-likeness (QED) is 0.616. The fourth-order valence-electron chi connectivity index (χ4n) is 1.50. The zero-order valence-electron chi connectivity index (χ0n) is 7.05. The van der Waals surface area contributed by atoms with Crippen LogP contribution in [-0.2, 0) is 0 Å². The highest BCUT2D eigenvalue weighted by Gasteiger charge is 2.28. The van der Waals surface area contributed by atoms with Crippen LogP contribution >= 0.6 is 0 Å². The Morgan fingerprint density at radius 2 is 2.00 bits per heavy atom. The van der Waals surface area contributed by atoms with Crippen molar-refractivity contribution in [1.82, 2.24) is 5.32 Å². The van der Waals surface area contributed by atoms with Gasteiger partial charge in [0.05, 0.1) is 0 Å². The van der Waals surface area contributed by atoms with E-state index in [0.29, 0.717) is 6.04 Å². The monoisotopic (exact) mass is 154 g/mol. The minimum absolute atomic E-state index is 0.487. The van der Waals surface area contributed by atoms with Crippen LogP contribution in [0.4, 0.5) is 0 Å². The van der Waals surface area contributed by atoms with Crippen LogP contribution in [0.3, 0.4) is 0 Å². The summed E-state index contributed by atoms with van der Waals surface area (Å²) >= 11 is 0. The van der Waals surface area contributed by atoms with Gasteiger partial charge in [0.2, 0.25) is 0 Å². The van der Waals surface area contributed by atoms with Crippen molar-refractivity contribution >= 4 is 0 Å². The highest BCUT2D eigenvalue weighted by molar-refractivity contribution is 4.86. The lowest BCUT2D eigenvalue weighted by molar-refractivity contribution is 0.516. The highest BCUT2D eigenvalue weighted by atomic mass is 14.9. The molecule has 2 aliphatic carbocycles. The van der Waals surface area contributed by atoms with Crippen molar-refractivity contribution in [3.05, 3.63) is 0 Å². The second-order valence-electron chi connectivity index (χ2n) is 4.02. The second kappa shape index (κ2) is 3.11. The first-order chi connectivity index (χ1) is 5.36. The normalized spacial score (nSPS) is 27.0. The highest BCUT2D eigenvalue weighted by Crippen LogP contribution is 2.32. The van der Waals surface area contributed by atoms with Crippen LogP contribution in [-0.4, -0.2) is 18.6 Å². The summed E-state index contributed by atoms with van der Waals surface area (Å²) in [7, 11) is 0. The van der Waals surface area contributed by atoms with Gasteiger partial charge >= 0.3 is 0 Å². The smallest absolute Gasteiger partial charge is 0.00792 e. The Balaban J connectivity index is 1.50. The van der Waals surface area contributed by atoms with Crippen molar-refractivity contribution in [1.29, 1.82) is 0 Å². The topological polar surface area (TPSA) is 38.0 Å². The first-order valence-corrected chi connectivity index (χ1v) is 4.85. The Hall–Kier alpha value is -0.0800. The molecule has 0 aromatic heterocycles. The average Bonchev–Trinajstić information content (AvgIpc) is 2.85. The SMILES string of the molecule is NC(CCNC1CC1)C1CC1. The van der Waals surface area contributed by atoms with Crippen molar-refractivity contribution in [2.45, 2.75) is 44.2 Å². The molecule has 0 bridgehead atoms. The lowest BCUT2D eigenvalue weighted by Gasteiger charge is -2.09. The van der Waals surface area contributed by atoms with Gasteiger partial charge in [-0.15, -0.1) is 0 Å². The molecule has 0 saturated heterocycles. The zero-order valence-corrected chi connectivity index (χ0v) is 7.05. The van der Waals surface area contributed by atoms with Gasteiger partial charge in [0.25, 0.3) is 0 Å². The molecule has 2 aliphatic rings. The Morgan fingerprint density at radius 3 is 2.55 bits per heavy atom. The summed E-state index contributed by atoms with van der Waals surface area (Å²) in [6, 6.07) is 1.34. The predicted octanol–water partition coefficient (Wildman–Crippen LogP) is 0.866. The molecule has 11 heavy (non-hydrogen) atoms. The number of nitrogens with one attached hydrogen (secondary N) is 1. The maximum absolute atomic E-state index is 5.95. The van der Waals surface area contributed by atoms with Crippen molar-refractivity contribution in [2.75, 3.05) is 6.54 Å². The number of hydrogen-bond acceptors (Lipinski definition) is 2. The van der Waals surface area contributed by atoms with Gasteiger partial charge in [-0.1, -0.05) is 0 Å². The summed E-state index contributed by atoms with van der Waals surface area (Å²) in [6.07, 6.45) is 6.72. The first kappa shape index (κ1) is 7.56. The van der Waals surface area contributed by atoms with Crippen molar-refractivity contribution < 1.29 is 0 Å². The van der Waals surface area contributed by atoms with Crippen molar-refractivity contribution in [3.63, 3.8) is 0 Å². The minimum Gasteiger partial charge on any atom is -0.327 e. The second-order valence-corrected chi connectivity index (χ2v) is 4.02. The summed E-state index contributed by atoms with van der Waals surface area (Å²) in [6.45, 7) is 1.14. The summed E-state index contributed by atoms with van der Waals surface area (Å²) in [5.74, 6) is 0.871. The molecular formula is C9H18N2. The molecule has 2 heteroatoms.